The molecular formula is C21H24ClF3N2S. The minimum atomic E-state index is -4.42. The van der Waals surface area contributed by atoms with Gasteiger partial charge in [0.25, 0.3) is 0 Å². The summed E-state index contributed by atoms with van der Waals surface area (Å²) < 4.78 is 41.5. The second-order valence-electron chi connectivity index (χ2n) is 7.12. The summed E-state index contributed by atoms with van der Waals surface area (Å²) in [5.41, 5.74) is 2.76. The van der Waals surface area contributed by atoms with Crippen molar-refractivity contribution < 1.29 is 13.2 Å². The lowest BCUT2D eigenvalue weighted by atomic mass is 10.0. The van der Waals surface area contributed by atoms with Crippen LogP contribution in [0.5, 0.6) is 0 Å². The van der Waals surface area contributed by atoms with Crippen LogP contribution in [0.15, 0.2) is 41.3 Å². The van der Waals surface area contributed by atoms with E-state index in [9.17, 15) is 13.2 Å². The molecule has 0 saturated carbocycles. The summed E-state index contributed by atoms with van der Waals surface area (Å²) in [5, 5.41) is 2.84. The third-order valence-electron chi connectivity index (χ3n) is 4.99. The van der Waals surface area contributed by atoms with Gasteiger partial charge in [0.15, 0.2) is 0 Å². The van der Waals surface area contributed by atoms with Gasteiger partial charge < -0.3 is 5.32 Å². The quantitative estimate of drug-likeness (QED) is 0.353. The fourth-order valence-corrected chi connectivity index (χ4v) is 4.42. The summed E-state index contributed by atoms with van der Waals surface area (Å²) in [5.74, 6) is 0.653. The molecule has 0 aliphatic heterocycles. The average molecular weight is 429 g/mol. The van der Waals surface area contributed by atoms with Crippen LogP contribution < -0.4 is 10.0 Å². The number of hydrogen-bond donors (Lipinski definition) is 2. The molecule has 0 bridgehead atoms. The molecule has 0 aromatic heterocycles. The molecule has 2 N–H and O–H groups in total. The molecule has 1 aliphatic carbocycles. The van der Waals surface area contributed by atoms with Crippen LogP contribution >= 0.6 is 23.5 Å². The molecule has 152 valence electrons. The lowest BCUT2D eigenvalue weighted by Crippen LogP contribution is -2.09. The van der Waals surface area contributed by atoms with E-state index >= 15 is 0 Å². The number of rotatable bonds is 8. The summed E-state index contributed by atoms with van der Waals surface area (Å²) in [7, 11) is 0. The first-order valence-electron chi connectivity index (χ1n) is 9.48. The van der Waals surface area contributed by atoms with Crippen LogP contribution in [0.1, 0.15) is 48.8 Å². The Labute approximate surface area is 173 Å². The Morgan fingerprint density at radius 2 is 1.89 bits per heavy atom. The summed E-state index contributed by atoms with van der Waals surface area (Å²) in [6.07, 6.45) is -0.112. The molecule has 28 heavy (non-hydrogen) atoms. The van der Waals surface area contributed by atoms with Crippen LogP contribution in [0.4, 0.5) is 18.9 Å². The van der Waals surface area contributed by atoms with Gasteiger partial charge in [0.2, 0.25) is 0 Å². The molecule has 0 amide bonds. The third kappa shape index (κ3) is 5.58. The van der Waals surface area contributed by atoms with E-state index in [0.717, 1.165) is 25.5 Å². The number of halogens is 4. The standard InChI is InChI=1S/C21H24ClF3N2S/c1-14-4-5-15-6-8-17(13-18(14)15)28-27-11-3-2-10-26-16-7-9-19(20(22)12-16)21(23,24)25/h6-9,12-14,26-27H,2-5,10-11H2,1H3. The minimum absolute atomic E-state index is 0.278. The Bertz CT molecular complexity index is 811. The smallest absolute Gasteiger partial charge is 0.385 e. The van der Waals surface area contributed by atoms with Gasteiger partial charge >= 0.3 is 6.18 Å². The number of benzene rings is 2. The van der Waals surface area contributed by atoms with Gasteiger partial charge in [-0.3, -0.25) is 4.72 Å². The summed E-state index contributed by atoms with van der Waals surface area (Å²) in [6, 6.07) is 10.5. The first-order chi connectivity index (χ1) is 13.3. The molecule has 1 aliphatic rings. The summed E-state index contributed by atoms with van der Waals surface area (Å²) in [6.45, 7) is 3.84. The zero-order valence-electron chi connectivity index (χ0n) is 15.7. The van der Waals surface area contributed by atoms with Crippen molar-refractivity contribution in [1.82, 2.24) is 4.72 Å². The second kappa shape index (κ2) is 9.42. The molecule has 0 heterocycles. The molecule has 2 aromatic rings. The Morgan fingerprint density at radius 1 is 1.11 bits per heavy atom. The van der Waals surface area contributed by atoms with E-state index < -0.39 is 11.7 Å². The van der Waals surface area contributed by atoms with E-state index in [1.807, 2.05) is 0 Å². The number of alkyl halides is 3. The molecule has 0 spiro atoms. The van der Waals surface area contributed by atoms with Gasteiger partial charge in [-0.2, -0.15) is 13.2 Å². The molecular weight excluding hydrogens is 405 g/mol. The summed E-state index contributed by atoms with van der Waals surface area (Å²) in [4.78, 5) is 1.24. The van der Waals surface area contributed by atoms with Crippen molar-refractivity contribution in [2.45, 2.75) is 49.6 Å². The first-order valence-corrected chi connectivity index (χ1v) is 10.7. The van der Waals surface area contributed by atoms with E-state index in [1.54, 1.807) is 11.9 Å². The van der Waals surface area contributed by atoms with Gasteiger partial charge in [0.05, 0.1) is 10.6 Å². The third-order valence-corrected chi connectivity index (χ3v) is 6.14. The zero-order valence-corrected chi connectivity index (χ0v) is 17.3. The second-order valence-corrected chi connectivity index (χ2v) is 8.49. The van der Waals surface area contributed by atoms with Gasteiger partial charge in [0, 0.05) is 23.7 Å². The fourth-order valence-electron chi connectivity index (χ4n) is 3.39. The lowest BCUT2D eigenvalue weighted by Gasteiger charge is -2.12. The van der Waals surface area contributed by atoms with Crippen molar-refractivity contribution in [2.75, 3.05) is 18.4 Å². The van der Waals surface area contributed by atoms with Crippen LogP contribution in [0.2, 0.25) is 5.02 Å². The normalized spacial score (nSPS) is 16.2. The van der Waals surface area contributed by atoms with Crippen LogP contribution in [-0.2, 0) is 12.6 Å². The molecule has 0 saturated heterocycles. The van der Waals surface area contributed by atoms with Crippen molar-refractivity contribution in [3.05, 3.63) is 58.1 Å². The molecule has 0 radical (unpaired) electrons. The van der Waals surface area contributed by atoms with Crippen LogP contribution in [0.3, 0.4) is 0 Å². The Balaban J connectivity index is 1.34. The van der Waals surface area contributed by atoms with E-state index in [2.05, 4.69) is 35.2 Å². The number of nitrogens with one attached hydrogen (secondary N) is 2. The molecule has 7 heteroatoms. The maximum absolute atomic E-state index is 12.7. The Hall–Kier alpha value is -1.37. The highest BCUT2D eigenvalue weighted by molar-refractivity contribution is 7.97. The van der Waals surface area contributed by atoms with Crippen molar-refractivity contribution in [3.8, 4) is 0 Å². The number of anilines is 1. The topological polar surface area (TPSA) is 24.1 Å². The predicted molar refractivity (Wildman–Crippen MR) is 111 cm³/mol. The minimum Gasteiger partial charge on any atom is -0.385 e. The van der Waals surface area contributed by atoms with E-state index in [0.29, 0.717) is 18.2 Å². The number of fused-ring (bicyclic) bond motifs is 1. The largest absolute Gasteiger partial charge is 0.417 e. The maximum Gasteiger partial charge on any atom is 0.417 e. The number of hydrogen-bond acceptors (Lipinski definition) is 3. The van der Waals surface area contributed by atoms with Crippen molar-refractivity contribution in [1.29, 1.82) is 0 Å². The monoisotopic (exact) mass is 428 g/mol. The van der Waals surface area contributed by atoms with Crippen molar-refractivity contribution >= 4 is 29.2 Å². The van der Waals surface area contributed by atoms with Crippen LogP contribution in [0, 0.1) is 0 Å². The van der Waals surface area contributed by atoms with E-state index in [4.69, 9.17) is 11.6 Å². The Morgan fingerprint density at radius 3 is 2.64 bits per heavy atom. The van der Waals surface area contributed by atoms with Crippen molar-refractivity contribution in [3.63, 3.8) is 0 Å². The zero-order chi connectivity index (χ0) is 20.1. The van der Waals surface area contributed by atoms with Gasteiger partial charge in [-0.05, 0) is 85.0 Å². The molecule has 2 aromatic carbocycles. The molecule has 3 rings (SSSR count). The lowest BCUT2D eigenvalue weighted by molar-refractivity contribution is -0.137. The first kappa shape index (κ1) is 21.3. The highest BCUT2D eigenvalue weighted by Gasteiger charge is 2.32. The van der Waals surface area contributed by atoms with Gasteiger partial charge in [-0.15, -0.1) is 0 Å². The van der Waals surface area contributed by atoms with Gasteiger partial charge in [0.1, 0.15) is 0 Å². The van der Waals surface area contributed by atoms with E-state index in [1.165, 1.54) is 41.0 Å². The van der Waals surface area contributed by atoms with Crippen LogP contribution in [-0.4, -0.2) is 13.1 Å². The Kier molecular flexibility index (Phi) is 7.18. The fraction of sp³-hybridized carbons (Fsp3) is 0.429. The number of unbranched alkanes of at least 4 members (excludes halogenated alkanes) is 1. The van der Waals surface area contributed by atoms with E-state index in [-0.39, 0.29) is 5.02 Å². The molecule has 0 fully saturated rings. The van der Waals surface area contributed by atoms with Gasteiger partial charge in [-0.25, -0.2) is 0 Å². The van der Waals surface area contributed by atoms with Gasteiger partial charge in [-0.1, -0.05) is 24.6 Å². The maximum atomic E-state index is 12.7. The molecule has 2 nitrogen and oxygen atoms in total. The predicted octanol–water partition coefficient (Wildman–Crippen LogP) is 6.90. The highest BCUT2D eigenvalue weighted by Crippen LogP contribution is 2.36. The highest BCUT2D eigenvalue weighted by atomic mass is 35.5. The summed E-state index contributed by atoms with van der Waals surface area (Å²) >= 11 is 7.38. The molecule has 1 atom stereocenters. The SMILES string of the molecule is CC1CCc2ccc(SNCCCCNc3ccc(C(F)(F)F)c(Cl)c3)cc21. The molecule has 1 unspecified atom stereocenters. The number of aryl methyl sites for hydroxylation is 1. The van der Waals surface area contributed by atoms with Crippen LogP contribution in [0.25, 0.3) is 0 Å². The van der Waals surface area contributed by atoms with Crippen molar-refractivity contribution in [2.24, 2.45) is 0 Å². The average Bonchev–Trinajstić information content (AvgIpc) is 3.00.